The molecule has 5 nitrogen and oxygen atoms in total. The van der Waals surface area contributed by atoms with Gasteiger partial charge in [0.15, 0.2) is 6.04 Å². The second-order valence-electron chi connectivity index (χ2n) is 5.25. The molecule has 0 aliphatic heterocycles. The minimum Gasteiger partial charge on any atom is -0.479 e. The number of carbonyl (C=O) groups excluding carboxylic acids is 1. The highest BCUT2D eigenvalue weighted by atomic mass is 32.2. The highest BCUT2D eigenvalue weighted by Crippen LogP contribution is 2.42. The third-order valence-electron chi connectivity index (χ3n) is 3.92. The van der Waals surface area contributed by atoms with Crippen LogP contribution >= 0.6 is 11.8 Å². The third-order valence-corrected chi connectivity index (χ3v) is 5.34. The van der Waals surface area contributed by atoms with Crippen molar-refractivity contribution in [1.29, 1.82) is 0 Å². The zero-order valence-corrected chi connectivity index (χ0v) is 12.8. The Balaban J connectivity index is 1.91. The van der Waals surface area contributed by atoms with Gasteiger partial charge in [0.05, 0.1) is 0 Å². The van der Waals surface area contributed by atoms with Gasteiger partial charge in [0, 0.05) is 11.3 Å². The number of rotatable bonds is 6. The van der Waals surface area contributed by atoms with Gasteiger partial charge in [-0.3, -0.25) is 0 Å². The number of hydrogen-bond donors (Lipinski definition) is 3. The number of amides is 2. The second kappa shape index (κ2) is 6.85. The Kier molecular flexibility index (Phi) is 5.12. The molecular formula is C15H20N2O3S. The van der Waals surface area contributed by atoms with E-state index in [1.165, 1.54) is 6.42 Å². The van der Waals surface area contributed by atoms with E-state index in [1.807, 2.05) is 6.26 Å². The summed E-state index contributed by atoms with van der Waals surface area (Å²) in [5.74, 6) is -1.07. The zero-order valence-electron chi connectivity index (χ0n) is 12.0. The molecule has 2 amide bonds. The van der Waals surface area contributed by atoms with Crippen molar-refractivity contribution in [2.75, 3.05) is 12.8 Å². The number of aliphatic carboxylic acids is 1. The Morgan fingerprint density at radius 1 is 1.33 bits per heavy atom. The Morgan fingerprint density at radius 3 is 2.48 bits per heavy atom. The summed E-state index contributed by atoms with van der Waals surface area (Å²) in [7, 11) is 0. The average Bonchev–Trinajstić information content (AvgIpc) is 2.44. The minimum absolute atomic E-state index is 0.128. The van der Waals surface area contributed by atoms with Crippen LogP contribution in [0.3, 0.4) is 0 Å². The molecule has 114 valence electrons. The van der Waals surface area contributed by atoms with Crippen LogP contribution in [0.4, 0.5) is 4.79 Å². The number of carboxylic acids is 1. The van der Waals surface area contributed by atoms with Crippen molar-refractivity contribution in [2.24, 2.45) is 0 Å². The van der Waals surface area contributed by atoms with E-state index in [0.29, 0.717) is 12.1 Å². The van der Waals surface area contributed by atoms with Gasteiger partial charge in [0.2, 0.25) is 0 Å². The summed E-state index contributed by atoms with van der Waals surface area (Å²) in [6.07, 6.45) is 5.42. The van der Waals surface area contributed by atoms with Gasteiger partial charge in [0.25, 0.3) is 0 Å². The molecule has 0 aromatic heterocycles. The van der Waals surface area contributed by atoms with E-state index >= 15 is 0 Å². The Hall–Kier alpha value is -1.69. The van der Waals surface area contributed by atoms with Gasteiger partial charge in [-0.05, 0) is 24.7 Å². The lowest BCUT2D eigenvalue weighted by atomic mass is 9.84. The van der Waals surface area contributed by atoms with Crippen LogP contribution in [0.1, 0.15) is 30.9 Å². The quantitative estimate of drug-likeness (QED) is 0.754. The molecule has 1 aliphatic carbocycles. The minimum atomic E-state index is -1.07. The molecule has 1 unspecified atom stereocenters. The van der Waals surface area contributed by atoms with E-state index in [1.54, 1.807) is 42.1 Å². The molecule has 3 N–H and O–H groups in total. The maximum absolute atomic E-state index is 11.9. The molecule has 1 aromatic carbocycles. The lowest BCUT2D eigenvalue weighted by Gasteiger charge is -2.40. The van der Waals surface area contributed by atoms with E-state index in [2.05, 4.69) is 10.6 Å². The largest absolute Gasteiger partial charge is 0.479 e. The fraction of sp³-hybridized carbons (Fsp3) is 0.467. The first kappa shape index (κ1) is 15.7. The first-order chi connectivity index (χ1) is 10.1. The molecule has 0 spiro atoms. The first-order valence-corrected chi connectivity index (χ1v) is 8.16. The lowest BCUT2D eigenvalue weighted by molar-refractivity contribution is -0.139. The topological polar surface area (TPSA) is 78.4 Å². The second-order valence-corrected chi connectivity index (χ2v) is 6.52. The Bertz CT molecular complexity index is 497. The monoisotopic (exact) mass is 308 g/mol. The molecule has 1 aliphatic rings. The molecular weight excluding hydrogens is 288 g/mol. The van der Waals surface area contributed by atoms with E-state index in [9.17, 15) is 14.7 Å². The van der Waals surface area contributed by atoms with E-state index in [-0.39, 0.29) is 4.75 Å². The molecule has 1 fully saturated rings. The average molecular weight is 308 g/mol. The Labute approximate surface area is 128 Å². The standard InChI is InChI=1S/C15H20N2O3S/c1-21-15(8-5-9-15)10-16-14(20)17-12(13(18)19)11-6-3-2-4-7-11/h2-4,6-7,12H,5,8-10H2,1H3,(H,18,19)(H2,16,17,20). The van der Waals surface area contributed by atoms with Crippen LogP contribution in [-0.2, 0) is 4.79 Å². The molecule has 6 heteroatoms. The van der Waals surface area contributed by atoms with Crippen molar-refractivity contribution in [2.45, 2.75) is 30.1 Å². The summed E-state index contributed by atoms with van der Waals surface area (Å²) in [5.41, 5.74) is 0.559. The molecule has 0 bridgehead atoms. The van der Waals surface area contributed by atoms with Crippen LogP contribution in [0.15, 0.2) is 30.3 Å². The van der Waals surface area contributed by atoms with Crippen LogP contribution in [-0.4, -0.2) is 34.7 Å². The predicted molar refractivity (Wildman–Crippen MR) is 83.5 cm³/mol. The van der Waals surface area contributed by atoms with Crippen LogP contribution in [0.25, 0.3) is 0 Å². The summed E-state index contributed by atoms with van der Waals surface area (Å²) >= 11 is 1.76. The van der Waals surface area contributed by atoms with Gasteiger partial charge in [-0.2, -0.15) is 11.8 Å². The van der Waals surface area contributed by atoms with Crippen molar-refractivity contribution in [3.63, 3.8) is 0 Å². The molecule has 21 heavy (non-hydrogen) atoms. The van der Waals surface area contributed by atoms with Gasteiger partial charge in [-0.25, -0.2) is 9.59 Å². The highest BCUT2D eigenvalue weighted by Gasteiger charge is 2.36. The summed E-state index contributed by atoms with van der Waals surface area (Å²) in [4.78, 5) is 23.3. The van der Waals surface area contributed by atoms with Crippen molar-refractivity contribution < 1.29 is 14.7 Å². The van der Waals surface area contributed by atoms with Crippen LogP contribution in [0.2, 0.25) is 0 Å². The number of urea groups is 1. The van der Waals surface area contributed by atoms with E-state index in [4.69, 9.17) is 0 Å². The molecule has 0 saturated heterocycles. The predicted octanol–water partition coefficient (Wildman–Crippen LogP) is 2.40. The van der Waals surface area contributed by atoms with Crippen LogP contribution < -0.4 is 10.6 Å². The van der Waals surface area contributed by atoms with Crippen LogP contribution in [0.5, 0.6) is 0 Å². The SMILES string of the molecule is CSC1(CNC(=O)NC(C(=O)O)c2ccccc2)CCC1. The normalized spacial score (nSPS) is 17.4. The number of carboxylic acid groups (broad SMARTS) is 1. The molecule has 0 radical (unpaired) electrons. The number of nitrogens with one attached hydrogen (secondary N) is 2. The summed E-state index contributed by atoms with van der Waals surface area (Å²) in [6.45, 7) is 0.571. The van der Waals surface area contributed by atoms with Crippen molar-refractivity contribution in [3.05, 3.63) is 35.9 Å². The zero-order chi connectivity index (χ0) is 15.3. The highest BCUT2D eigenvalue weighted by molar-refractivity contribution is 8.00. The van der Waals surface area contributed by atoms with E-state index in [0.717, 1.165) is 12.8 Å². The van der Waals surface area contributed by atoms with Gasteiger partial charge in [0.1, 0.15) is 0 Å². The number of carbonyl (C=O) groups is 2. The van der Waals surface area contributed by atoms with Gasteiger partial charge < -0.3 is 15.7 Å². The van der Waals surface area contributed by atoms with E-state index < -0.39 is 18.0 Å². The van der Waals surface area contributed by atoms with Gasteiger partial charge in [-0.15, -0.1) is 0 Å². The van der Waals surface area contributed by atoms with Crippen LogP contribution in [0, 0.1) is 0 Å². The third kappa shape index (κ3) is 3.91. The lowest BCUT2D eigenvalue weighted by Crippen LogP contribution is -2.49. The molecule has 0 heterocycles. The summed E-state index contributed by atoms with van der Waals surface area (Å²) in [5, 5.41) is 14.6. The fourth-order valence-electron chi connectivity index (χ4n) is 2.38. The molecule has 1 saturated carbocycles. The molecule has 2 rings (SSSR count). The molecule has 1 aromatic rings. The summed E-state index contributed by atoms with van der Waals surface area (Å²) < 4.78 is 0.128. The van der Waals surface area contributed by atoms with Crippen molar-refractivity contribution >= 4 is 23.8 Å². The van der Waals surface area contributed by atoms with Crippen molar-refractivity contribution in [1.82, 2.24) is 10.6 Å². The maximum Gasteiger partial charge on any atom is 0.330 e. The van der Waals surface area contributed by atoms with Crippen molar-refractivity contribution in [3.8, 4) is 0 Å². The van der Waals surface area contributed by atoms with Gasteiger partial charge in [-0.1, -0.05) is 36.8 Å². The summed E-state index contributed by atoms with van der Waals surface area (Å²) in [6, 6.07) is 7.22. The number of benzene rings is 1. The van der Waals surface area contributed by atoms with Gasteiger partial charge >= 0.3 is 12.0 Å². The Morgan fingerprint density at radius 2 is 2.00 bits per heavy atom. The smallest absolute Gasteiger partial charge is 0.330 e. The molecule has 1 atom stereocenters. The number of hydrogen-bond acceptors (Lipinski definition) is 3. The maximum atomic E-state index is 11.9. The number of thioether (sulfide) groups is 1. The first-order valence-electron chi connectivity index (χ1n) is 6.94. The fourth-order valence-corrected chi connectivity index (χ4v) is 3.29.